The number of carbonyl (C=O) groups is 3. The average Bonchev–Trinajstić information content (AvgIpc) is 2.98. The van der Waals surface area contributed by atoms with Crippen molar-refractivity contribution in [3.05, 3.63) is 70.8 Å². The van der Waals surface area contributed by atoms with Gasteiger partial charge in [0.05, 0.1) is 18.7 Å². The van der Waals surface area contributed by atoms with E-state index in [2.05, 4.69) is 0 Å². The fourth-order valence-electron chi connectivity index (χ4n) is 3.54. The molecule has 7 nitrogen and oxygen atoms in total. The van der Waals surface area contributed by atoms with Crippen molar-refractivity contribution < 1.29 is 29.3 Å². The second kappa shape index (κ2) is 8.82. The standard InChI is InChI=1S/C23H23NO6/c1-14-8-10-15(11-9-14)21(27)19-20(16-5-3-6-17(13-16)30-2)24(23(29)22(19)28)12-4-7-18(25)26/h3,5-6,8-11,13,20,27H,4,7,12H2,1-2H3,(H,25,26)/b21-19-. The number of aliphatic hydroxyl groups is 1. The number of carbonyl (C=O) groups excluding carboxylic acids is 2. The van der Waals surface area contributed by atoms with Crippen LogP contribution < -0.4 is 4.74 Å². The number of Topliss-reactive ketones (excluding diaryl/α,β-unsaturated/α-hetero) is 1. The number of aliphatic hydroxyl groups excluding tert-OH is 1. The summed E-state index contributed by atoms with van der Waals surface area (Å²) in [5.74, 6) is -2.26. The minimum Gasteiger partial charge on any atom is -0.507 e. The predicted molar refractivity (Wildman–Crippen MR) is 110 cm³/mol. The van der Waals surface area contributed by atoms with Crippen LogP contribution in [-0.4, -0.2) is 46.4 Å². The number of methoxy groups -OCH3 is 1. The number of ketones is 1. The average molecular weight is 409 g/mol. The molecule has 1 fully saturated rings. The van der Waals surface area contributed by atoms with Gasteiger partial charge in [0.25, 0.3) is 11.7 Å². The van der Waals surface area contributed by atoms with Gasteiger partial charge in [-0.05, 0) is 31.0 Å². The highest BCUT2D eigenvalue weighted by atomic mass is 16.5. The van der Waals surface area contributed by atoms with Crippen LogP contribution in [0, 0.1) is 6.92 Å². The number of nitrogens with zero attached hydrogens (tertiary/aromatic N) is 1. The molecule has 0 spiro atoms. The van der Waals surface area contributed by atoms with Crippen LogP contribution in [0.1, 0.15) is 35.6 Å². The Hall–Kier alpha value is -3.61. The second-order valence-electron chi connectivity index (χ2n) is 7.13. The molecule has 3 rings (SSSR count). The third-order valence-electron chi connectivity index (χ3n) is 5.06. The summed E-state index contributed by atoms with van der Waals surface area (Å²) in [7, 11) is 1.51. The Morgan fingerprint density at radius 3 is 2.43 bits per heavy atom. The van der Waals surface area contributed by atoms with Crippen molar-refractivity contribution >= 4 is 23.4 Å². The third kappa shape index (κ3) is 4.20. The molecule has 156 valence electrons. The molecule has 0 aromatic heterocycles. The molecule has 1 saturated heterocycles. The largest absolute Gasteiger partial charge is 0.507 e. The number of aryl methyl sites for hydroxylation is 1. The number of hydrogen-bond acceptors (Lipinski definition) is 5. The molecule has 1 atom stereocenters. The Labute approximate surface area is 174 Å². The molecular formula is C23H23NO6. The highest BCUT2D eigenvalue weighted by Crippen LogP contribution is 2.40. The zero-order valence-electron chi connectivity index (χ0n) is 16.8. The lowest BCUT2D eigenvalue weighted by molar-refractivity contribution is -0.140. The van der Waals surface area contributed by atoms with E-state index in [1.807, 2.05) is 6.92 Å². The van der Waals surface area contributed by atoms with Crippen LogP contribution in [0.2, 0.25) is 0 Å². The van der Waals surface area contributed by atoms with Crippen LogP contribution in [0.4, 0.5) is 0 Å². The van der Waals surface area contributed by atoms with Gasteiger partial charge in [-0.2, -0.15) is 0 Å². The topological polar surface area (TPSA) is 104 Å². The van der Waals surface area contributed by atoms with Crippen molar-refractivity contribution in [3.8, 4) is 5.75 Å². The van der Waals surface area contributed by atoms with E-state index < -0.39 is 23.7 Å². The Bertz CT molecular complexity index is 1010. The van der Waals surface area contributed by atoms with Crippen molar-refractivity contribution in [3.63, 3.8) is 0 Å². The van der Waals surface area contributed by atoms with E-state index in [0.717, 1.165) is 5.56 Å². The van der Waals surface area contributed by atoms with E-state index >= 15 is 0 Å². The molecule has 2 aromatic rings. The minimum atomic E-state index is -0.982. The Balaban J connectivity index is 2.11. The van der Waals surface area contributed by atoms with Gasteiger partial charge in [-0.25, -0.2) is 0 Å². The smallest absolute Gasteiger partial charge is 0.303 e. The van der Waals surface area contributed by atoms with Crippen LogP contribution in [-0.2, 0) is 14.4 Å². The van der Waals surface area contributed by atoms with Crippen LogP contribution in [0.5, 0.6) is 5.75 Å². The number of aliphatic carboxylic acids is 1. The van der Waals surface area contributed by atoms with Gasteiger partial charge in [-0.15, -0.1) is 0 Å². The molecule has 0 saturated carbocycles. The van der Waals surface area contributed by atoms with Crippen molar-refractivity contribution in [1.82, 2.24) is 4.90 Å². The summed E-state index contributed by atoms with van der Waals surface area (Å²) in [5.41, 5.74) is 1.99. The third-order valence-corrected chi connectivity index (χ3v) is 5.06. The molecule has 1 heterocycles. The van der Waals surface area contributed by atoms with Gasteiger partial charge in [-0.3, -0.25) is 14.4 Å². The summed E-state index contributed by atoms with van der Waals surface area (Å²) >= 11 is 0. The first-order valence-corrected chi connectivity index (χ1v) is 9.54. The molecule has 0 radical (unpaired) electrons. The van der Waals surface area contributed by atoms with E-state index in [4.69, 9.17) is 9.84 Å². The first kappa shape index (κ1) is 21.1. The lowest BCUT2D eigenvalue weighted by Crippen LogP contribution is -2.31. The van der Waals surface area contributed by atoms with Gasteiger partial charge in [0.15, 0.2) is 0 Å². The fourth-order valence-corrected chi connectivity index (χ4v) is 3.54. The molecule has 7 heteroatoms. The van der Waals surface area contributed by atoms with Gasteiger partial charge in [0.1, 0.15) is 11.5 Å². The van der Waals surface area contributed by atoms with Crippen LogP contribution >= 0.6 is 0 Å². The normalized spacial score (nSPS) is 17.9. The Morgan fingerprint density at radius 1 is 1.10 bits per heavy atom. The summed E-state index contributed by atoms with van der Waals surface area (Å²) < 4.78 is 5.26. The Morgan fingerprint density at radius 2 is 1.80 bits per heavy atom. The maximum absolute atomic E-state index is 12.9. The summed E-state index contributed by atoms with van der Waals surface area (Å²) in [6.45, 7) is 1.98. The number of hydrogen-bond donors (Lipinski definition) is 2. The molecule has 0 aliphatic carbocycles. The molecule has 30 heavy (non-hydrogen) atoms. The zero-order chi connectivity index (χ0) is 21.8. The summed E-state index contributed by atoms with van der Waals surface area (Å²) in [4.78, 5) is 37.9. The monoisotopic (exact) mass is 409 g/mol. The van der Waals surface area contributed by atoms with Crippen molar-refractivity contribution in [2.75, 3.05) is 13.7 Å². The van der Waals surface area contributed by atoms with Crippen LogP contribution in [0.25, 0.3) is 5.76 Å². The Kier molecular flexibility index (Phi) is 6.20. The van der Waals surface area contributed by atoms with Gasteiger partial charge in [0.2, 0.25) is 0 Å². The lowest BCUT2D eigenvalue weighted by atomic mass is 9.95. The molecule has 2 N–H and O–H groups in total. The summed E-state index contributed by atoms with van der Waals surface area (Å²) in [5, 5.41) is 19.9. The zero-order valence-corrected chi connectivity index (χ0v) is 16.8. The molecule has 2 aromatic carbocycles. The van der Waals surface area contributed by atoms with Crippen LogP contribution in [0.3, 0.4) is 0 Å². The van der Waals surface area contributed by atoms with E-state index in [9.17, 15) is 19.5 Å². The fraction of sp³-hybridized carbons (Fsp3) is 0.261. The molecule has 1 aliphatic heterocycles. The maximum atomic E-state index is 12.9. The van der Waals surface area contributed by atoms with E-state index in [-0.39, 0.29) is 30.7 Å². The van der Waals surface area contributed by atoms with Gasteiger partial charge >= 0.3 is 5.97 Å². The van der Waals surface area contributed by atoms with E-state index in [1.165, 1.54) is 12.0 Å². The van der Waals surface area contributed by atoms with Gasteiger partial charge in [0, 0.05) is 18.5 Å². The molecule has 1 unspecified atom stereocenters. The maximum Gasteiger partial charge on any atom is 0.303 e. The van der Waals surface area contributed by atoms with Gasteiger partial charge in [-0.1, -0.05) is 42.0 Å². The molecular weight excluding hydrogens is 386 g/mol. The van der Waals surface area contributed by atoms with Crippen molar-refractivity contribution in [2.24, 2.45) is 0 Å². The van der Waals surface area contributed by atoms with Crippen LogP contribution in [0.15, 0.2) is 54.1 Å². The van der Waals surface area contributed by atoms with Crippen molar-refractivity contribution in [1.29, 1.82) is 0 Å². The lowest BCUT2D eigenvalue weighted by Gasteiger charge is -2.25. The highest BCUT2D eigenvalue weighted by molar-refractivity contribution is 6.46. The second-order valence-corrected chi connectivity index (χ2v) is 7.13. The number of ether oxygens (including phenoxy) is 1. The number of benzene rings is 2. The highest BCUT2D eigenvalue weighted by Gasteiger charge is 2.45. The van der Waals surface area contributed by atoms with E-state index in [0.29, 0.717) is 16.9 Å². The number of amides is 1. The quantitative estimate of drug-likeness (QED) is 0.413. The molecule has 1 amide bonds. The first-order chi connectivity index (χ1) is 14.3. The summed E-state index contributed by atoms with van der Waals surface area (Å²) in [6, 6.07) is 13.1. The number of likely N-dealkylation sites (tertiary alicyclic amines) is 1. The summed E-state index contributed by atoms with van der Waals surface area (Å²) in [6.07, 6.45) is 0.0548. The molecule has 0 bridgehead atoms. The molecule has 1 aliphatic rings. The van der Waals surface area contributed by atoms with Gasteiger partial charge < -0.3 is 19.8 Å². The number of carboxylic acid groups (broad SMARTS) is 1. The predicted octanol–water partition coefficient (Wildman–Crippen LogP) is 3.29. The van der Waals surface area contributed by atoms with E-state index in [1.54, 1.807) is 48.5 Å². The first-order valence-electron chi connectivity index (χ1n) is 9.54. The SMILES string of the molecule is COc1cccc(C2/C(=C(/O)c3ccc(C)cc3)C(=O)C(=O)N2CCCC(=O)O)c1. The van der Waals surface area contributed by atoms with Crippen molar-refractivity contribution in [2.45, 2.75) is 25.8 Å². The number of rotatable bonds is 7. The number of carboxylic acids is 1. The minimum absolute atomic E-state index is 0.0209.